The number of hydrogen-bond acceptors (Lipinski definition) is 4. The van der Waals surface area contributed by atoms with Crippen LogP contribution in [0.15, 0.2) is 0 Å². The number of hydrogen-bond donors (Lipinski definition) is 1. The van der Waals surface area contributed by atoms with Gasteiger partial charge in [-0.2, -0.15) is 0 Å². The molecular formula is C28H55NO4. The number of esters is 1. The molecule has 0 fully saturated rings. The van der Waals surface area contributed by atoms with Gasteiger partial charge in [-0.25, -0.2) is 9.59 Å². The summed E-state index contributed by atoms with van der Waals surface area (Å²) in [4.78, 5) is 24.2. The highest BCUT2D eigenvalue weighted by Gasteiger charge is 2.26. The van der Waals surface area contributed by atoms with Crippen molar-refractivity contribution < 1.29 is 19.1 Å². The first-order valence-electron chi connectivity index (χ1n) is 14.0. The van der Waals surface area contributed by atoms with Gasteiger partial charge in [0.2, 0.25) is 0 Å². The number of nitrogens with one attached hydrogen (secondary N) is 1. The van der Waals surface area contributed by atoms with Crippen LogP contribution in [0.5, 0.6) is 0 Å². The van der Waals surface area contributed by atoms with E-state index in [9.17, 15) is 9.59 Å². The van der Waals surface area contributed by atoms with Crippen molar-refractivity contribution in [2.75, 3.05) is 13.2 Å². The second-order valence-corrected chi connectivity index (χ2v) is 10.3. The van der Waals surface area contributed by atoms with E-state index in [-0.39, 0.29) is 17.8 Å². The van der Waals surface area contributed by atoms with Gasteiger partial charge in [0.1, 0.15) is 6.04 Å². The van der Waals surface area contributed by atoms with Crippen molar-refractivity contribution in [1.29, 1.82) is 0 Å². The molecule has 5 heteroatoms. The molecule has 0 aliphatic heterocycles. The van der Waals surface area contributed by atoms with E-state index in [1.54, 1.807) is 0 Å². The van der Waals surface area contributed by atoms with Crippen LogP contribution < -0.4 is 5.32 Å². The van der Waals surface area contributed by atoms with Gasteiger partial charge in [-0.15, -0.1) is 0 Å². The second kappa shape index (κ2) is 22.5. The molecule has 196 valence electrons. The molecule has 0 aliphatic carbocycles. The molecule has 1 N–H and O–H groups in total. The molecule has 33 heavy (non-hydrogen) atoms. The highest BCUT2D eigenvalue weighted by molar-refractivity contribution is 5.81. The summed E-state index contributed by atoms with van der Waals surface area (Å²) in [5, 5.41) is 2.64. The number of amides is 1. The predicted octanol–water partition coefficient (Wildman–Crippen LogP) is 8.20. The van der Waals surface area contributed by atoms with Crippen LogP contribution in [0.25, 0.3) is 0 Å². The van der Waals surface area contributed by atoms with Gasteiger partial charge in [-0.05, 0) is 18.3 Å². The van der Waals surface area contributed by atoms with Crippen molar-refractivity contribution in [2.24, 2.45) is 11.8 Å². The van der Waals surface area contributed by atoms with E-state index in [4.69, 9.17) is 9.47 Å². The monoisotopic (exact) mass is 469 g/mol. The molecule has 0 aromatic heterocycles. The lowest BCUT2D eigenvalue weighted by molar-refractivity contribution is -0.147. The normalized spacial score (nSPS) is 12.2. The van der Waals surface area contributed by atoms with E-state index in [0.717, 1.165) is 12.8 Å². The van der Waals surface area contributed by atoms with Gasteiger partial charge in [0, 0.05) is 0 Å². The van der Waals surface area contributed by atoms with E-state index in [1.807, 2.05) is 27.7 Å². The van der Waals surface area contributed by atoms with Crippen LogP contribution in [0.2, 0.25) is 0 Å². The van der Waals surface area contributed by atoms with Gasteiger partial charge in [0.15, 0.2) is 0 Å². The van der Waals surface area contributed by atoms with Crippen LogP contribution in [0.1, 0.15) is 137 Å². The maximum atomic E-state index is 12.3. The van der Waals surface area contributed by atoms with Gasteiger partial charge in [0.25, 0.3) is 0 Å². The first-order chi connectivity index (χ1) is 15.9. The number of ether oxygens (including phenoxy) is 2. The summed E-state index contributed by atoms with van der Waals surface area (Å²) in [6.45, 7) is 10.8. The average molecular weight is 470 g/mol. The molecule has 0 heterocycles. The number of alkyl carbamates (subject to hydrolysis) is 1. The van der Waals surface area contributed by atoms with E-state index in [1.165, 1.54) is 89.9 Å². The summed E-state index contributed by atoms with van der Waals surface area (Å²) in [7, 11) is 0. The largest absolute Gasteiger partial charge is 0.464 e. The van der Waals surface area contributed by atoms with E-state index in [0.29, 0.717) is 13.2 Å². The van der Waals surface area contributed by atoms with Gasteiger partial charge in [-0.1, -0.05) is 131 Å². The summed E-state index contributed by atoms with van der Waals surface area (Å²) >= 11 is 0. The second-order valence-electron chi connectivity index (χ2n) is 10.3. The molecule has 0 radical (unpaired) electrons. The summed E-state index contributed by atoms with van der Waals surface area (Å²) in [6, 6.07) is -0.661. The zero-order chi connectivity index (χ0) is 24.7. The van der Waals surface area contributed by atoms with Crippen LogP contribution in [0, 0.1) is 11.8 Å². The Hall–Kier alpha value is -1.26. The first kappa shape index (κ1) is 31.7. The van der Waals surface area contributed by atoms with Crippen molar-refractivity contribution in [2.45, 2.75) is 143 Å². The molecule has 0 saturated heterocycles. The summed E-state index contributed by atoms with van der Waals surface area (Å²) in [5.74, 6) is -0.155. The molecule has 1 amide bonds. The van der Waals surface area contributed by atoms with Crippen molar-refractivity contribution in [3.8, 4) is 0 Å². The Balaban J connectivity index is 3.58. The van der Waals surface area contributed by atoms with Crippen molar-refractivity contribution in [3.05, 3.63) is 0 Å². The molecule has 0 aromatic carbocycles. The highest BCUT2D eigenvalue weighted by Crippen LogP contribution is 2.14. The maximum Gasteiger partial charge on any atom is 0.407 e. The Bertz CT molecular complexity index is 465. The number of rotatable bonds is 22. The smallest absolute Gasteiger partial charge is 0.407 e. The fraction of sp³-hybridized carbons (Fsp3) is 0.929. The minimum absolute atomic E-state index is 0.0464. The molecule has 0 saturated carbocycles. The third-order valence-electron chi connectivity index (χ3n) is 5.98. The zero-order valence-electron chi connectivity index (χ0n) is 22.6. The maximum absolute atomic E-state index is 12.3. The van der Waals surface area contributed by atoms with Crippen molar-refractivity contribution in [1.82, 2.24) is 5.32 Å². The predicted molar refractivity (Wildman–Crippen MR) is 138 cm³/mol. The van der Waals surface area contributed by atoms with Gasteiger partial charge in [-0.3, -0.25) is 0 Å². The SMILES string of the molecule is CCCCCCCCCCCCCCCCCCOC(=O)[C@@H](NC(=O)OCC(C)C)C(C)C. The lowest BCUT2D eigenvalue weighted by Crippen LogP contribution is -2.45. The fourth-order valence-corrected chi connectivity index (χ4v) is 3.82. The third-order valence-corrected chi connectivity index (χ3v) is 5.98. The van der Waals surface area contributed by atoms with Crippen LogP contribution >= 0.6 is 0 Å². The quantitative estimate of drug-likeness (QED) is 0.128. The molecular weight excluding hydrogens is 414 g/mol. The van der Waals surface area contributed by atoms with E-state index in [2.05, 4.69) is 12.2 Å². The topological polar surface area (TPSA) is 64.6 Å². The van der Waals surface area contributed by atoms with Gasteiger partial charge >= 0.3 is 12.1 Å². The van der Waals surface area contributed by atoms with Crippen molar-refractivity contribution >= 4 is 12.1 Å². The molecule has 0 aromatic rings. The van der Waals surface area contributed by atoms with Crippen LogP contribution in [-0.4, -0.2) is 31.3 Å². The minimum Gasteiger partial charge on any atom is -0.464 e. The summed E-state index contributed by atoms with van der Waals surface area (Å²) in [5.41, 5.74) is 0. The Labute approximate surface area is 205 Å². The minimum atomic E-state index is -0.661. The number of carbonyl (C=O) groups excluding carboxylic acids is 2. The first-order valence-corrected chi connectivity index (χ1v) is 14.0. The lowest BCUT2D eigenvalue weighted by atomic mass is 10.0. The molecule has 5 nitrogen and oxygen atoms in total. The molecule has 0 aliphatic rings. The Morgan fingerprint density at radius 1 is 0.636 bits per heavy atom. The third kappa shape index (κ3) is 21.0. The molecule has 0 unspecified atom stereocenters. The lowest BCUT2D eigenvalue weighted by Gasteiger charge is -2.21. The molecule has 0 spiro atoms. The average Bonchev–Trinajstić information content (AvgIpc) is 2.77. The summed E-state index contributed by atoms with van der Waals surface area (Å²) < 4.78 is 10.5. The number of unbranched alkanes of at least 4 members (excludes halogenated alkanes) is 15. The van der Waals surface area contributed by atoms with E-state index < -0.39 is 12.1 Å². The highest BCUT2D eigenvalue weighted by atomic mass is 16.6. The standard InChI is InChI=1S/C28H55NO4/c1-6-7-8-9-10-11-12-13-14-15-16-17-18-19-20-21-22-32-27(30)26(25(4)5)29-28(31)33-23-24(2)3/h24-26H,6-23H2,1-5H3,(H,29,31)/t26-/m0/s1. The fourth-order valence-electron chi connectivity index (χ4n) is 3.82. The van der Waals surface area contributed by atoms with Gasteiger partial charge < -0.3 is 14.8 Å². The number of carbonyl (C=O) groups is 2. The molecule has 1 atom stereocenters. The van der Waals surface area contributed by atoms with Gasteiger partial charge in [0.05, 0.1) is 13.2 Å². The molecule has 0 rings (SSSR count). The Morgan fingerprint density at radius 2 is 1.06 bits per heavy atom. The van der Waals surface area contributed by atoms with Crippen LogP contribution in [-0.2, 0) is 14.3 Å². The zero-order valence-corrected chi connectivity index (χ0v) is 22.6. The van der Waals surface area contributed by atoms with Crippen molar-refractivity contribution in [3.63, 3.8) is 0 Å². The Morgan fingerprint density at radius 3 is 1.45 bits per heavy atom. The van der Waals surface area contributed by atoms with Crippen LogP contribution in [0.3, 0.4) is 0 Å². The molecule has 0 bridgehead atoms. The van der Waals surface area contributed by atoms with E-state index >= 15 is 0 Å². The Kier molecular flexibility index (Phi) is 21.7. The summed E-state index contributed by atoms with van der Waals surface area (Å²) in [6.07, 6.45) is 20.5. The van der Waals surface area contributed by atoms with Crippen LogP contribution in [0.4, 0.5) is 4.79 Å².